The molecule has 0 aromatic carbocycles. The first kappa shape index (κ1) is 14.6. The topological polar surface area (TPSA) is 42.4 Å². The van der Waals surface area contributed by atoms with E-state index in [0.29, 0.717) is 12.0 Å². The average Bonchev–Trinajstić information content (AvgIpc) is 3.07. The van der Waals surface area contributed by atoms with Crippen molar-refractivity contribution >= 4 is 0 Å². The minimum atomic E-state index is 0.250. The number of furan rings is 1. The monoisotopic (exact) mass is 264 g/mol. The second-order valence-electron chi connectivity index (χ2n) is 5.84. The van der Waals surface area contributed by atoms with Crippen LogP contribution in [0, 0.1) is 5.41 Å². The number of nitrogens with two attached hydrogens (primary N) is 1. The molecule has 1 aliphatic rings. The molecule has 1 fully saturated rings. The Balaban J connectivity index is 2.11. The lowest BCUT2D eigenvalue weighted by atomic mass is 9.82. The fraction of sp³-hybridized carbons (Fsp3) is 0.750. The van der Waals surface area contributed by atoms with Crippen molar-refractivity contribution in [2.45, 2.75) is 52.5 Å². The molecule has 1 aliphatic heterocycles. The summed E-state index contributed by atoms with van der Waals surface area (Å²) in [5, 5.41) is 0. The summed E-state index contributed by atoms with van der Waals surface area (Å²) in [6, 6.07) is 4.44. The molecule has 0 spiro atoms. The Bertz CT molecular complexity index is 395. The molecule has 1 aromatic heterocycles. The Labute approximate surface area is 117 Å². The van der Waals surface area contributed by atoms with Gasteiger partial charge in [-0.1, -0.05) is 20.8 Å². The maximum absolute atomic E-state index is 6.01. The maximum Gasteiger partial charge on any atom is 0.122 e. The van der Waals surface area contributed by atoms with Gasteiger partial charge in [-0.2, -0.15) is 0 Å². The van der Waals surface area contributed by atoms with Crippen molar-refractivity contribution in [2.75, 3.05) is 19.6 Å². The molecule has 0 aliphatic carbocycles. The number of likely N-dealkylation sites (tertiary alicyclic amines) is 1. The van der Waals surface area contributed by atoms with Gasteiger partial charge in [0.05, 0.1) is 6.04 Å². The molecule has 0 amide bonds. The highest BCUT2D eigenvalue weighted by Gasteiger charge is 2.38. The van der Waals surface area contributed by atoms with E-state index in [2.05, 4.69) is 37.8 Å². The SMILES string of the molecule is CCc1ccc(C(CN)N2CCC(CC)(CC)C2)o1. The van der Waals surface area contributed by atoms with E-state index in [1.54, 1.807) is 0 Å². The lowest BCUT2D eigenvalue weighted by Gasteiger charge is -2.29. The molecule has 1 unspecified atom stereocenters. The molecular weight excluding hydrogens is 236 g/mol. The Morgan fingerprint density at radius 1 is 1.32 bits per heavy atom. The molecule has 2 N–H and O–H groups in total. The van der Waals surface area contributed by atoms with Crippen molar-refractivity contribution in [3.05, 3.63) is 23.7 Å². The fourth-order valence-corrected chi connectivity index (χ4v) is 3.27. The molecule has 108 valence electrons. The number of rotatable bonds is 6. The zero-order chi connectivity index (χ0) is 13.9. The highest BCUT2D eigenvalue weighted by atomic mass is 16.3. The van der Waals surface area contributed by atoms with Crippen molar-refractivity contribution in [1.29, 1.82) is 0 Å². The van der Waals surface area contributed by atoms with Gasteiger partial charge >= 0.3 is 0 Å². The number of hydrogen-bond acceptors (Lipinski definition) is 3. The van der Waals surface area contributed by atoms with E-state index in [1.165, 1.54) is 19.3 Å². The summed E-state index contributed by atoms with van der Waals surface area (Å²) in [5.41, 5.74) is 6.50. The van der Waals surface area contributed by atoms with Gasteiger partial charge in [-0.3, -0.25) is 4.90 Å². The maximum atomic E-state index is 6.01. The summed E-state index contributed by atoms with van der Waals surface area (Å²) in [6.45, 7) is 9.68. The van der Waals surface area contributed by atoms with Crippen molar-refractivity contribution in [1.82, 2.24) is 4.90 Å². The molecule has 19 heavy (non-hydrogen) atoms. The quantitative estimate of drug-likeness (QED) is 0.856. The van der Waals surface area contributed by atoms with E-state index in [0.717, 1.165) is 31.0 Å². The van der Waals surface area contributed by atoms with Gasteiger partial charge in [-0.05, 0) is 43.4 Å². The summed E-state index contributed by atoms with van der Waals surface area (Å²) in [4.78, 5) is 2.52. The van der Waals surface area contributed by atoms with E-state index in [9.17, 15) is 0 Å². The first-order valence-corrected chi connectivity index (χ1v) is 7.70. The lowest BCUT2D eigenvalue weighted by molar-refractivity contribution is 0.179. The molecule has 1 atom stereocenters. The molecule has 3 nitrogen and oxygen atoms in total. The van der Waals surface area contributed by atoms with Crippen LogP contribution in [0.5, 0.6) is 0 Å². The van der Waals surface area contributed by atoms with Crippen LogP contribution < -0.4 is 5.73 Å². The molecule has 0 bridgehead atoms. The summed E-state index contributed by atoms with van der Waals surface area (Å²) in [5.74, 6) is 2.10. The molecule has 2 rings (SSSR count). The van der Waals surface area contributed by atoms with Crippen molar-refractivity contribution in [2.24, 2.45) is 11.1 Å². The average molecular weight is 264 g/mol. The molecule has 1 saturated heterocycles. The van der Waals surface area contributed by atoms with Crippen molar-refractivity contribution in [3.8, 4) is 0 Å². The van der Waals surface area contributed by atoms with E-state index < -0.39 is 0 Å². The predicted molar refractivity (Wildman–Crippen MR) is 79.1 cm³/mol. The minimum Gasteiger partial charge on any atom is -0.464 e. The van der Waals surface area contributed by atoms with Gasteiger partial charge in [0, 0.05) is 19.5 Å². The van der Waals surface area contributed by atoms with Crippen LogP contribution in [0.4, 0.5) is 0 Å². The van der Waals surface area contributed by atoms with Crippen LogP contribution in [0.2, 0.25) is 0 Å². The van der Waals surface area contributed by atoms with Gasteiger partial charge in [0.1, 0.15) is 11.5 Å². The molecule has 2 heterocycles. The first-order valence-electron chi connectivity index (χ1n) is 7.70. The van der Waals surface area contributed by atoms with Gasteiger partial charge in [0.15, 0.2) is 0 Å². The smallest absolute Gasteiger partial charge is 0.122 e. The van der Waals surface area contributed by atoms with Gasteiger partial charge in [-0.15, -0.1) is 0 Å². The predicted octanol–water partition coefficient (Wildman–Crippen LogP) is 3.35. The zero-order valence-electron chi connectivity index (χ0n) is 12.6. The normalized spacial score (nSPS) is 20.8. The molecule has 0 radical (unpaired) electrons. The van der Waals surface area contributed by atoms with Crippen LogP contribution in [0.1, 0.15) is 57.6 Å². The number of nitrogens with zero attached hydrogens (tertiary/aromatic N) is 1. The highest BCUT2D eigenvalue weighted by molar-refractivity contribution is 5.12. The number of hydrogen-bond donors (Lipinski definition) is 1. The summed E-state index contributed by atoms with van der Waals surface area (Å²) < 4.78 is 5.91. The molecule has 3 heteroatoms. The third kappa shape index (κ3) is 2.87. The van der Waals surface area contributed by atoms with Gasteiger partial charge in [0.25, 0.3) is 0 Å². The summed E-state index contributed by atoms with van der Waals surface area (Å²) in [6.07, 6.45) is 4.76. The second kappa shape index (κ2) is 6.10. The minimum absolute atomic E-state index is 0.250. The Morgan fingerprint density at radius 2 is 2.05 bits per heavy atom. The largest absolute Gasteiger partial charge is 0.464 e. The van der Waals surface area contributed by atoms with Crippen LogP contribution in [-0.2, 0) is 6.42 Å². The van der Waals surface area contributed by atoms with Crippen LogP contribution >= 0.6 is 0 Å². The Hall–Kier alpha value is -0.800. The lowest BCUT2D eigenvalue weighted by Crippen LogP contribution is -2.34. The van der Waals surface area contributed by atoms with Gasteiger partial charge in [-0.25, -0.2) is 0 Å². The van der Waals surface area contributed by atoms with E-state index in [4.69, 9.17) is 10.2 Å². The summed E-state index contributed by atoms with van der Waals surface area (Å²) >= 11 is 0. The van der Waals surface area contributed by atoms with Gasteiger partial charge < -0.3 is 10.2 Å². The third-order valence-electron chi connectivity index (χ3n) is 4.99. The summed E-state index contributed by atoms with van der Waals surface area (Å²) in [7, 11) is 0. The Kier molecular flexibility index (Phi) is 4.69. The van der Waals surface area contributed by atoms with Gasteiger partial charge in [0.2, 0.25) is 0 Å². The fourth-order valence-electron chi connectivity index (χ4n) is 3.27. The van der Waals surface area contributed by atoms with Crippen LogP contribution in [0.3, 0.4) is 0 Å². The van der Waals surface area contributed by atoms with Crippen LogP contribution in [0.15, 0.2) is 16.5 Å². The van der Waals surface area contributed by atoms with Crippen molar-refractivity contribution < 1.29 is 4.42 Å². The first-order chi connectivity index (χ1) is 9.18. The van der Waals surface area contributed by atoms with Crippen LogP contribution in [-0.4, -0.2) is 24.5 Å². The molecular formula is C16H28N2O. The number of aryl methyl sites for hydroxylation is 1. The highest BCUT2D eigenvalue weighted by Crippen LogP contribution is 2.40. The van der Waals surface area contributed by atoms with E-state index >= 15 is 0 Å². The standard InChI is InChI=1S/C16H28N2O/c1-4-13-7-8-15(19-13)14(11-17)18-10-9-16(5-2,6-3)12-18/h7-8,14H,4-6,9-12,17H2,1-3H3. The van der Waals surface area contributed by atoms with E-state index in [-0.39, 0.29) is 6.04 Å². The molecule has 0 saturated carbocycles. The van der Waals surface area contributed by atoms with Crippen LogP contribution in [0.25, 0.3) is 0 Å². The zero-order valence-corrected chi connectivity index (χ0v) is 12.6. The third-order valence-corrected chi connectivity index (χ3v) is 4.99. The molecule has 1 aromatic rings. The van der Waals surface area contributed by atoms with E-state index in [1.807, 2.05) is 0 Å². The Morgan fingerprint density at radius 3 is 2.53 bits per heavy atom. The second-order valence-corrected chi connectivity index (χ2v) is 5.84. The van der Waals surface area contributed by atoms with Crippen molar-refractivity contribution in [3.63, 3.8) is 0 Å².